The molecule has 0 N–H and O–H groups in total. The zero-order chi connectivity index (χ0) is 17.6. The number of anilines is 1. The molecule has 0 unspecified atom stereocenters. The molecule has 0 radical (unpaired) electrons. The van der Waals surface area contributed by atoms with Crippen LogP contribution in [0.15, 0.2) is 48.5 Å². The van der Waals surface area contributed by atoms with Crippen LogP contribution in [0.5, 0.6) is 0 Å². The average molecular weight is 358 g/mol. The summed E-state index contributed by atoms with van der Waals surface area (Å²) in [7, 11) is 0. The van der Waals surface area contributed by atoms with Crippen LogP contribution < -0.4 is 4.90 Å². The largest absolute Gasteiger partial charge is 0.368 e. The minimum absolute atomic E-state index is 0.206. The van der Waals surface area contributed by atoms with Gasteiger partial charge in [0.2, 0.25) is 5.91 Å². The molecule has 1 saturated heterocycles. The molecule has 3 rings (SSSR count). The average Bonchev–Trinajstić information content (AvgIpc) is 2.64. The summed E-state index contributed by atoms with van der Waals surface area (Å²) in [5.74, 6) is 1.37. The monoisotopic (exact) mass is 358 g/mol. The zero-order valence-electron chi connectivity index (χ0n) is 14.5. The highest BCUT2D eigenvalue weighted by atomic mass is 32.2. The quantitative estimate of drug-likeness (QED) is 0.814. The fraction of sp³-hybridized carbons (Fsp3) is 0.350. The summed E-state index contributed by atoms with van der Waals surface area (Å²) >= 11 is 1.67. The Morgan fingerprint density at radius 3 is 2.40 bits per heavy atom. The molecule has 0 aromatic heterocycles. The number of nitrogens with zero attached hydrogens (tertiary/aromatic N) is 2. The smallest absolute Gasteiger partial charge is 0.232 e. The van der Waals surface area contributed by atoms with Crippen LogP contribution in [-0.2, 0) is 10.5 Å². The lowest BCUT2D eigenvalue weighted by molar-refractivity contribution is -0.128. The van der Waals surface area contributed by atoms with Crippen LogP contribution in [0.1, 0.15) is 11.1 Å². The standard InChI is InChI=1S/C20H23FN2OS/c1-16-4-2-3-5-17(16)14-25-15-20(24)23-12-10-22(11-13-23)19-8-6-18(21)7-9-19/h2-9H,10-15H2,1H3. The first-order valence-corrected chi connectivity index (χ1v) is 9.69. The molecule has 0 aliphatic carbocycles. The molecule has 1 heterocycles. The van der Waals surface area contributed by atoms with Crippen LogP contribution in [0, 0.1) is 12.7 Å². The highest BCUT2D eigenvalue weighted by Crippen LogP contribution is 2.19. The van der Waals surface area contributed by atoms with Crippen LogP contribution in [-0.4, -0.2) is 42.7 Å². The van der Waals surface area contributed by atoms with Gasteiger partial charge < -0.3 is 9.80 Å². The van der Waals surface area contributed by atoms with E-state index < -0.39 is 0 Å². The van der Waals surface area contributed by atoms with Gasteiger partial charge in [-0.15, -0.1) is 11.8 Å². The van der Waals surface area contributed by atoms with E-state index >= 15 is 0 Å². The molecule has 1 aliphatic heterocycles. The number of carbonyl (C=O) groups excluding carboxylic acids is 1. The molecular formula is C20H23FN2OS. The summed E-state index contributed by atoms with van der Waals surface area (Å²) < 4.78 is 13.0. The number of amides is 1. The van der Waals surface area contributed by atoms with Crippen LogP contribution in [0.4, 0.5) is 10.1 Å². The predicted molar refractivity (Wildman–Crippen MR) is 103 cm³/mol. The van der Waals surface area contributed by atoms with E-state index in [9.17, 15) is 9.18 Å². The van der Waals surface area contributed by atoms with Gasteiger partial charge >= 0.3 is 0 Å². The van der Waals surface area contributed by atoms with Crippen molar-refractivity contribution < 1.29 is 9.18 Å². The minimum atomic E-state index is -0.219. The first kappa shape index (κ1) is 17.8. The van der Waals surface area contributed by atoms with E-state index in [4.69, 9.17) is 0 Å². The third kappa shape index (κ3) is 4.75. The van der Waals surface area contributed by atoms with Crippen molar-refractivity contribution in [3.63, 3.8) is 0 Å². The van der Waals surface area contributed by atoms with Crippen molar-refractivity contribution in [2.75, 3.05) is 36.8 Å². The lowest BCUT2D eigenvalue weighted by Gasteiger charge is -2.36. The van der Waals surface area contributed by atoms with Gasteiger partial charge in [-0.2, -0.15) is 0 Å². The van der Waals surface area contributed by atoms with Crippen molar-refractivity contribution in [1.82, 2.24) is 4.90 Å². The van der Waals surface area contributed by atoms with E-state index in [1.54, 1.807) is 23.9 Å². The van der Waals surface area contributed by atoms with E-state index in [1.165, 1.54) is 23.3 Å². The Balaban J connectivity index is 1.44. The van der Waals surface area contributed by atoms with Gasteiger partial charge in [-0.1, -0.05) is 24.3 Å². The van der Waals surface area contributed by atoms with E-state index in [0.29, 0.717) is 5.75 Å². The number of thioether (sulfide) groups is 1. The van der Waals surface area contributed by atoms with E-state index in [2.05, 4.69) is 24.0 Å². The molecule has 132 valence electrons. The Morgan fingerprint density at radius 2 is 1.72 bits per heavy atom. The number of hydrogen-bond acceptors (Lipinski definition) is 3. The molecule has 0 spiro atoms. The molecule has 2 aromatic carbocycles. The third-order valence-corrected chi connectivity index (χ3v) is 5.53. The summed E-state index contributed by atoms with van der Waals surface area (Å²) in [5.41, 5.74) is 3.58. The summed E-state index contributed by atoms with van der Waals surface area (Å²) in [4.78, 5) is 16.5. The fourth-order valence-corrected chi connectivity index (χ4v) is 3.98. The number of hydrogen-bond donors (Lipinski definition) is 0. The molecule has 3 nitrogen and oxygen atoms in total. The van der Waals surface area contributed by atoms with E-state index in [0.717, 1.165) is 37.6 Å². The molecular weight excluding hydrogens is 335 g/mol. The maximum absolute atomic E-state index is 13.0. The lowest BCUT2D eigenvalue weighted by atomic mass is 10.1. The summed E-state index contributed by atoms with van der Waals surface area (Å²) in [5, 5.41) is 0. The highest BCUT2D eigenvalue weighted by molar-refractivity contribution is 7.99. The first-order chi connectivity index (χ1) is 12.1. The second-order valence-corrected chi connectivity index (χ2v) is 7.25. The SMILES string of the molecule is Cc1ccccc1CSCC(=O)N1CCN(c2ccc(F)cc2)CC1. The zero-order valence-corrected chi connectivity index (χ0v) is 15.3. The lowest BCUT2D eigenvalue weighted by Crippen LogP contribution is -2.49. The summed E-state index contributed by atoms with van der Waals surface area (Å²) in [6.45, 7) is 5.13. The molecule has 0 saturated carbocycles. The Kier molecular flexibility index (Phi) is 5.97. The van der Waals surface area contributed by atoms with Gasteiger partial charge in [0.15, 0.2) is 0 Å². The van der Waals surface area contributed by atoms with Gasteiger partial charge in [-0.3, -0.25) is 4.79 Å². The van der Waals surface area contributed by atoms with Gasteiger partial charge in [0.05, 0.1) is 5.75 Å². The number of piperazine rings is 1. The molecule has 1 fully saturated rings. The van der Waals surface area contributed by atoms with Gasteiger partial charge in [0.25, 0.3) is 0 Å². The van der Waals surface area contributed by atoms with Crippen molar-refractivity contribution in [1.29, 1.82) is 0 Å². The van der Waals surface area contributed by atoms with Crippen molar-refractivity contribution in [3.8, 4) is 0 Å². The molecule has 1 amide bonds. The molecule has 2 aromatic rings. The molecule has 0 bridgehead atoms. The predicted octanol–water partition coefficient (Wildman–Crippen LogP) is 3.72. The number of halogens is 1. The number of benzene rings is 2. The first-order valence-electron chi connectivity index (χ1n) is 8.54. The molecule has 5 heteroatoms. The van der Waals surface area contributed by atoms with Crippen molar-refractivity contribution in [2.24, 2.45) is 0 Å². The van der Waals surface area contributed by atoms with Crippen LogP contribution in [0.3, 0.4) is 0 Å². The van der Waals surface area contributed by atoms with Gasteiger partial charge in [-0.25, -0.2) is 4.39 Å². The van der Waals surface area contributed by atoms with Crippen LogP contribution >= 0.6 is 11.8 Å². The Labute approximate surface area is 152 Å². The second kappa shape index (κ2) is 8.39. The third-order valence-electron chi connectivity index (χ3n) is 4.57. The maximum Gasteiger partial charge on any atom is 0.232 e. The minimum Gasteiger partial charge on any atom is -0.368 e. The summed E-state index contributed by atoms with van der Waals surface area (Å²) in [6, 6.07) is 14.9. The van der Waals surface area contributed by atoms with E-state index in [1.807, 2.05) is 17.0 Å². The van der Waals surface area contributed by atoms with Gasteiger partial charge in [-0.05, 0) is 42.3 Å². The second-order valence-electron chi connectivity index (χ2n) is 6.26. The van der Waals surface area contributed by atoms with Crippen LogP contribution in [0.2, 0.25) is 0 Å². The van der Waals surface area contributed by atoms with Crippen molar-refractivity contribution in [3.05, 3.63) is 65.5 Å². The van der Waals surface area contributed by atoms with Crippen LogP contribution in [0.25, 0.3) is 0 Å². The van der Waals surface area contributed by atoms with E-state index in [-0.39, 0.29) is 11.7 Å². The molecule has 1 aliphatic rings. The fourth-order valence-electron chi connectivity index (χ4n) is 2.98. The van der Waals surface area contributed by atoms with Crippen molar-refractivity contribution in [2.45, 2.75) is 12.7 Å². The normalized spacial score (nSPS) is 14.6. The van der Waals surface area contributed by atoms with Gasteiger partial charge in [0.1, 0.15) is 5.82 Å². The van der Waals surface area contributed by atoms with Crippen molar-refractivity contribution >= 4 is 23.4 Å². The topological polar surface area (TPSA) is 23.6 Å². The Hall–Kier alpha value is -2.01. The highest BCUT2D eigenvalue weighted by Gasteiger charge is 2.21. The Bertz CT molecular complexity index is 712. The molecule has 0 atom stereocenters. The Morgan fingerprint density at radius 1 is 1.04 bits per heavy atom. The number of rotatable bonds is 5. The number of aryl methyl sites for hydroxylation is 1. The van der Waals surface area contributed by atoms with Gasteiger partial charge in [0, 0.05) is 37.6 Å². The number of carbonyl (C=O) groups is 1. The maximum atomic E-state index is 13.0. The molecule has 25 heavy (non-hydrogen) atoms. The summed E-state index contributed by atoms with van der Waals surface area (Å²) in [6.07, 6.45) is 0.